The van der Waals surface area contributed by atoms with Crippen molar-refractivity contribution in [3.05, 3.63) is 63.6 Å². The van der Waals surface area contributed by atoms with Gasteiger partial charge in [0.2, 0.25) is 0 Å². The van der Waals surface area contributed by atoms with Gasteiger partial charge in [0.15, 0.2) is 0 Å². The Hall–Kier alpha value is -2.29. The molecule has 3 heteroatoms. The molecule has 1 aromatic carbocycles. The first-order valence-corrected chi connectivity index (χ1v) is 10.8. The SMILES string of the molecule is Cc1cc2c(cc1C1CCCc3oc(/C=C/C(=O)[O-])cc31)C(C)(C)CCC2(C)C. The van der Waals surface area contributed by atoms with Gasteiger partial charge in [0.05, 0.1) is 5.97 Å². The fourth-order valence-electron chi connectivity index (χ4n) is 5.25. The molecule has 4 rings (SSSR count). The molecule has 0 bridgehead atoms. The van der Waals surface area contributed by atoms with Crippen molar-refractivity contribution in [2.45, 2.75) is 83.5 Å². The van der Waals surface area contributed by atoms with Gasteiger partial charge in [0, 0.05) is 17.9 Å². The van der Waals surface area contributed by atoms with Crippen molar-refractivity contribution in [1.29, 1.82) is 0 Å². The Kier molecular flexibility index (Phi) is 4.76. The predicted octanol–water partition coefficient (Wildman–Crippen LogP) is 5.17. The second-order valence-electron chi connectivity index (χ2n) is 10.1. The van der Waals surface area contributed by atoms with Gasteiger partial charge in [-0.2, -0.15) is 0 Å². The number of benzene rings is 1. The lowest BCUT2D eigenvalue weighted by molar-refractivity contribution is -0.297. The lowest BCUT2D eigenvalue weighted by atomic mass is 9.62. The van der Waals surface area contributed by atoms with E-state index < -0.39 is 5.97 Å². The number of carbonyl (C=O) groups excluding carboxylic acids is 1. The number of carboxylic acids is 1. The molecule has 0 amide bonds. The Morgan fingerprint density at radius 2 is 1.72 bits per heavy atom. The Morgan fingerprint density at radius 3 is 2.38 bits per heavy atom. The monoisotopic (exact) mass is 391 g/mol. The maximum absolute atomic E-state index is 10.8. The summed E-state index contributed by atoms with van der Waals surface area (Å²) in [5, 5.41) is 10.8. The van der Waals surface area contributed by atoms with Gasteiger partial charge in [-0.05, 0) is 83.9 Å². The maximum Gasteiger partial charge on any atom is 0.127 e. The van der Waals surface area contributed by atoms with Crippen LogP contribution in [-0.2, 0) is 22.0 Å². The van der Waals surface area contributed by atoms with Crippen LogP contribution in [0.5, 0.6) is 0 Å². The van der Waals surface area contributed by atoms with Crippen LogP contribution in [0, 0.1) is 6.92 Å². The second-order valence-corrected chi connectivity index (χ2v) is 10.1. The zero-order chi connectivity index (χ0) is 21.0. The molecule has 0 radical (unpaired) electrons. The molecule has 1 aromatic heterocycles. The first kappa shape index (κ1) is 20.0. The van der Waals surface area contributed by atoms with Gasteiger partial charge >= 0.3 is 0 Å². The van der Waals surface area contributed by atoms with Crippen LogP contribution in [0.15, 0.2) is 28.7 Å². The summed E-state index contributed by atoms with van der Waals surface area (Å²) >= 11 is 0. The van der Waals surface area contributed by atoms with E-state index in [1.165, 1.54) is 46.7 Å². The van der Waals surface area contributed by atoms with E-state index in [0.29, 0.717) is 11.7 Å². The van der Waals surface area contributed by atoms with Crippen LogP contribution in [0.4, 0.5) is 0 Å². The molecule has 0 N–H and O–H groups in total. The van der Waals surface area contributed by atoms with Gasteiger partial charge in [0.25, 0.3) is 0 Å². The summed E-state index contributed by atoms with van der Waals surface area (Å²) in [5.74, 6) is 0.698. The number of fused-ring (bicyclic) bond motifs is 2. The Bertz CT molecular complexity index is 988. The number of furan rings is 1. The zero-order valence-corrected chi connectivity index (χ0v) is 18.2. The van der Waals surface area contributed by atoms with Crippen LogP contribution in [0.25, 0.3) is 6.08 Å². The predicted molar refractivity (Wildman–Crippen MR) is 114 cm³/mol. The Morgan fingerprint density at radius 1 is 1.07 bits per heavy atom. The van der Waals surface area contributed by atoms with Gasteiger partial charge in [-0.15, -0.1) is 0 Å². The largest absolute Gasteiger partial charge is 0.545 e. The summed E-state index contributed by atoms with van der Waals surface area (Å²) in [6, 6.07) is 6.92. The Balaban J connectivity index is 1.80. The molecule has 0 aliphatic heterocycles. The normalized spacial score (nSPS) is 22.3. The number of rotatable bonds is 3. The van der Waals surface area contributed by atoms with Crippen LogP contribution in [0.2, 0.25) is 0 Å². The molecule has 2 aliphatic rings. The Labute approximate surface area is 173 Å². The zero-order valence-electron chi connectivity index (χ0n) is 18.2. The summed E-state index contributed by atoms with van der Waals surface area (Å²) in [5.41, 5.74) is 7.34. The molecule has 1 unspecified atom stereocenters. The molecule has 2 aromatic rings. The minimum absolute atomic E-state index is 0.184. The van der Waals surface area contributed by atoms with Gasteiger partial charge in [0.1, 0.15) is 11.5 Å². The molecular formula is C26H31O3-. The second kappa shape index (κ2) is 6.90. The third-order valence-corrected chi connectivity index (χ3v) is 7.13. The molecule has 0 spiro atoms. The van der Waals surface area contributed by atoms with E-state index in [4.69, 9.17) is 4.42 Å². The van der Waals surface area contributed by atoms with E-state index in [2.05, 4.69) is 46.8 Å². The van der Waals surface area contributed by atoms with Crippen molar-refractivity contribution in [1.82, 2.24) is 0 Å². The fraction of sp³-hybridized carbons (Fsp3) is 0.500. The maximum atomic E-state index is 10.8. The summed E-state index contributed by atoms with van der Waals surface area (Å²) in [7, 11) is 0. The number of aryl methyl sites for hydroxylation is 2. The number of hydrogen-bond acceptors (Lipinski definition) is 3. The van der Waals surface area contributed by atoms with Gasteiger partial charge in [-0.3, -0.25) is 0 Å². The molecule has 3 nitrogen and oxygen atoms in total. The fourth-order valence-corrected chi connectivity index (χ4v) is 5.25. The number of hydrogen-bond donors (Lipinski definition) is 0. The van der Waals surface area contributed by atoms with Crippen LogP contribution in [0.1, 0.15) is 98.6 Å². The number of aliphatic carboxylic acids is 1. The van der Waals surface area contributed by atoms with Crippen LogP contribution in [-0.4, -0.2) is 5.97 Å². The highest BCUT2D eigenvalue weighted by Crippen LogP contribution is 2.49. The topological polar surface area (TPSA) is 53.3 Å². The van der Waals surface area contributed by atoms with Crippen molar-refractivity contribution >= 4 is 12.0 Å². The number of carboxylic acid groups (broad SMARTS) is 1. The van der Waals surface area contributed by atoms with Gasteiger partial charge in [-0.1, -0.05) is 39.8 Å². The van der Waals surface area contributed by atoms with Crippen LogP contribution < -0.4 is 5.11 Å². The van der Waals surface area contributed by atoms with Gasteiger partial charge in [-0.25, -0.2) is 0 Å². The van der Waals surface area contributed by atoms with E-state index in [9.17, 15) is 9.90 Å². The van der Waals surface area contributed by atoms with Crippen molar-refractivity contribution < 1.29 is 14.3 Å². The van der Waals surface area contributed by atoms with Crippen LogP contribution >= 0.6 is 0 Å². The highest BCUT2D eigenvalue weighted by molar-refractivity contribution is 5.83. The van der Waals surface area contributed by atoms with Crippen molar-refractivity contribution in [3.63, 3.8) is 0 Å². The number of carbonyl (C=O) groups is 1. The average molecular weight is 392 g/mol. The average Bonchev–Trinajstić information content (AvgIpc) is 3.07. The minimum Gasteiger partial charge on any atom is -0.545 e. The lowest BCUT2D eigenvalue weighted by Crippen LogP contribution is -2.34. The standard InChI is InChI=1S/C26H32O3/c1-16-13-21-22(26(4,5)12-11-25(21,2)3)15-19(16)18-7-6-8-23-20(18)14-17(29-23)9-10-24(27)28/h9-10,13-15,18H,6-8,11-12H2,1-5H3,(H,27,28)/p-1/b10-9+. The van der Waals surface area contributed by atoms with Gasteiger partial charge < -0.3 is 14.3 Å². The first-order chi connectivity index (χ1) is 13.6. The van der Waals surface area contributed by atoms with E-state index in [1.807, 2.05) is 6.07 Å². The molecule has 0 saturated carbocycles. The smallest absolute Gasteiger partial charge is 0.127 e. The molecule has 1 atom stereocenters. The van der Waals surface area contributed by atoms with E-state index in [1.54, 1.807) is 0 Å². The summed E-state index contributed by atoms with van der Waals surface area (Å²) in [6.07, 6.45) is 8.04. The lowest BCUT2D eigenvalue weighted by Gasteiger charge is -2.43. The molecule has 0 saturated heterocycles. The van der Waals surface area contributed by atoms with E-state index in [0.717, 1.165) is 31.1 Å². The summed E-state index contributed by atoms with van der Waals surface area (Å²) < 4.78 is 5.96. The van der Waals surface area contributed by atoms with E-state index in [-0.39, 0.29) is 10.8 Å². The highest BCUT2D eigenvalue weighted by Gasteiger charge is 2.38. The molecule has 0 fully saturated rings. The first-order valence-electron chi connectivity index (χ1n) is 10.8. The van der Waals surface area contributed by atoms with Crippen molar-refractivity contribution in [2.75, 3.05) is 0 Å². The minimum atomic E-state index is -1.20. The molecule has 2 aliphatic carbocycles. The quantitative estimate of drug-likeness (QED) is 0.679. The van der Waals surface area contributed by atoms with Crippen LogP contribution in [0.3, 0.4) is 0 Å². The summed E-state index contributed by atoms with van der Waals surface area (Å²) in [4.78, 5) is 10.8. The molecular weight excluding hydrogens is 360 g/mol. The molecule has 154 valence electrons. The molecule has 1 heterocycles. The highest BCUT2D eigenvalue weighted by atomic mass is 16.4. The summed E-state index contributed by atoms with van der Waals surface area (Å²) in [6.45, 7) is 11.7. The third-order valence-electron chi connectivity index (χ3n) is 7.13. The van der Waals surface area contributed by atoms with Crippen molar-refractivity contribution in [3.8, 4) is 0 Å². The van der Waals surface area contributed by atoms with Crippen molar-refractivity contribution in [2.24, 2.45) is 0 Å². The third kappa shape index (κ3) is 3.56. The van der Waals surface area contributed by atoms with E-state index >= 15 is 0 Å². The molecule has 29 heavy (non-hydrogen) atoms.